The maximum atomic E-state index is 13.8. The largest absolute Gasteiger partial charge is 0.482 e. The minimum atomic E-state index is -0.683. The van der Waals surface area contributed by atoms with Crippen LogP contribution < -0.4 is 10.1 Å². The van der Waals surface area contributed by atoms with Gasteiger partial charge < -0.3 is 15.0 Å². The Balaban J connectivity index is 1.61. The quantitative estimate of drug-likeness (QED) is 0.277. The number of halogens is 2. The van der Waals surface area contributed by atoms with E-state index < -0.39 is 6.04 Å². The Morgan fingerprint density at radius 1 is 1.00 bits per heavy atom. The molecular weight excluding hydrogens is 564 g/mol. The molecule has 0 aromatic heterocycles. The Hall–Kier alpha value is -2.83. The lowest BCUT2D eigenvalue weighted by atomic mass is 9.94. The van der Waals surface area contributed by atoms with Gasteiger partial charge in [-0.05, 0) is 49.1 Å². The number of aryl methyl sites for hydroxylation is 1. The maximum Gasteiger partial charge on any atom is 0.261 e. The van der Waals surface area contributed by atoms with Crippen LogP contribution >= 0.6 is 27.5 Å². The van der Waals surface area contributed by atoms with Crippen LogP contribution in [0.5, 0.6) is 5.75 Å². The first kappa shape index (κ1) is 28.2. The Kier molecular flexibility index (Phi) is 10.2. The van der Waals surface area contributed by atoms with Crippen molar-refractivity contribution in [2.24, 2.45) is 0 Å². The molecule has 1 aliphatic rings. The summed E-state index contributed by atoms with van der Waals surface area (Å²) < 4.78 is 6.67. The van der Waals surface area contributed by atoms with Crippen molar-refractivity contribution in [1.29, 1.82) is 0 Å². The van der Waals surface area contributed by atoms with Crippen LogP contribution in [0.4, 0.5) is 0 Å². The van der Waals surface area contributed by atoms with Gasteiger partial charge in [0.1, 0.15) is 11.8 Å². The van der Waals surface area contributed by atoms with E-state index in [2.05, 4.69) is 21.2 Å². The molecule has 0 aliphatic heterocycles. The van der Waals surface area contributed by atoms with Gasteiger partial charge in [0.25, 0.3) is 5.91 Å². The Bertz CT molecular complexity index is 1210. The maximum absolute atomic E-state index is 13.8. The molecule has 0 radical (unpaired) electrons. The van der Waals surface area contributed by atoms with Crippen molar-refractivity contribution >= 4 is 39.3 Å². The van der Waals surface area contributed by atoms with Gasteiger partial charge in [0, 0.05) is 23.5 Å². The lowest BCUT2D eigenvalue weighted by Crippen LogP contribution is -2.53. The van der Waals surface area contributed by atoms with Crippen LogP contribution in [0.15, 0.2) is 77.3 Å². The summed E-state index contributed by atoms with van der Waals surface area (Å²) in [5.41, 5.74) is 3.08. The topological polar surface area (TPSA) is 58.6 Å². The van der Waals surface area contributed by atoms with Crippen LogP contribution in [0, 0.1) is 6.92 Å². The van der Waals surface area contributed by atoms with Gasteiger partial charge in [-0.15, -0.1) is 0 Å². The molecule has 5 nitrogen and oxygen atoms in total. The summed E-state index contributed by atoms with van der Waals surface area (Å²) in [6, 6.07) is 22.6. The standard InChI is InChI=1S/C31H34BrClN2O3/c1-22-12-14-24(15-13-22)20-35(30(36)21-38-29-17-16-25(32)19-27(29)33)28(18-23-8-4-2-5-9-23)31(37)34-26-10-6-3-7-11-26/h2,4-5,8-9,12-17,19,26,28H,3,6-7,10-11,18,20-21H2,1H3,(H,34,37)/t28-/m0/s1. The first-order valence-corrected chi connectivity index (χ1v) is 14.3. The second kappa shape index (κ2) is 13.8. The number of ether oxygens (including phenoxy) is 1. The zero-order chi connectivity index (χ0) is 26.9. The first-order valence-electron chi connectivity index (χ1n) is 13.2. The molecule has 38 heavy (non-hydrogen) atoms. The van der Waals surface area contributed by atoms with Gasteiger partial charge in [-0.2, -0.15) is 0 Å². The summed E-state index contributed by atoms with van der Waals surface area (Å²) in [6.07, 6.45) is 5.79. The number of rotatable bonds is 10. The molecule has 1 saturated carbocycles. The fraction of sp³-hybridized carbons (Fsp3) is 0.355. The van der Waals surface area contributed by atoms with E-state index in [0.29, 0.717) is 23.7 Å². The number of nitrogens with one attached hydrogen (secondary N) is 1. The fourth-order valence-electron chi connectivity index (χ4n) is 4.80. The number of carbonyl (C=O) groups is 2. The van der Waals surface area contributed by atoms with E-state index in [1.165, 1.54) is 6.42 Å². The molecule has 3 aromatic rings. The molecule has 3 aromatic carbocycles. The molecule has 2 amide bonds. The molecular formula is C31H34BrClN2O3. The highest BCUT2D eigenvalue weighted by Crippen LogP contribution is 2.28. The van der Waals surface area contributed by atoms with Gasteiger partial charge in [-0.25, -0.2) is 0 Å². The molecule has 0 spiro atoms. The zero-order valence-corrected chi connectivity index (χ0v) is 24.0. The van der Waals surface area contributed by atoms with Crippen molar-refractivity contribution in [1.82, 2.24) is 10.2 Å². The highest BCUT2D eigenvalue weighted by Gasteiger charge is 2.32. The Labute approximate surface area is 238 Å². The molecule has 7 heteroatoms. The number of hydrogen-bond acceptors (Lipinski definition) is 3. The zero-order valence-electron chi connectivity index (χ0n) is 21.7. The molecule has 1 fully saturated rings. The lowest BCUT2D eigenvalue weighted by Gasteiger charge is -2.33. The van der Waals surface area contributed by atoms with Crippen LogP contribution in [0.2, 0.25) is 5.02 Å². The smallest absolute Gasteiger partial charge is 0.261 e. The van der Waals surface area contributed by atoms with Crippen molar-refractivity contribution in [3.05, 3.63) is 99.0 Å². The number of benzene rings is 3. The van der Waals surface area contributed by atoms with E-state index in [9.17, 15) is 9.59 Å². The molecule has 1 N–H and O–H groups in total. The molecule has 1 atom stereocenters. The number of hydrogen-bond donors (Lipinski definition) is 1. The van der Waals surface area contributed by atoms with Gasteiger partial charge in [0.2, 0.25) is 5.91 Å². The third-order valence-electron chi connectivity index (χ3n) is 6.94. The second-order valence-electron chi connectivity index (χ2n) is 9.92. The highest BCUT2D eigenvalue weighted by atomic mass is 79.9. The average Bonchev–Trinajstić information content (AvgIpc) is 2.92. The number of nitrogens with zero attached hydrogens (tertiary/aromatic N) is 1. The Morgan fingerprint density at radius 2 is 1.71 bits per heavy atom. The van der Waals surface area contributed by atoms with Crippen molar-refractivity contribution in [3.63, 3.8) is 0 Å². The van der Waals surface area contributed by atoms with Gasteiger partial charge in [0.15, 0.2) is 6.61 Å². The van der Waals surface area contributed by atoms with Crippen LogP contribution in [0.3, 0.4) is 0 Å². The van der Waals surface area contributed by atoms with E-state index in [-0.39, 0.29) is 24.5 Å². The molecule has 0 heterocycles. The number of amides is 2. The SMILES string of the molecule is Cc1ccc(CN(C(=O)COc2ccc(Br)cc2Cl)[C@@H](Cc2ccccc2)C(=O)NC2CCCCC2)cc1. The molecule has 200 valence electrons. The second-order valence-corrected chi connectivity index (χ2v) is 11.2. The van der Waals surface area contributed by atoms with E-state index in [1.54, 1.807) is 17.0 Å². The van der Waals surface area contributed by atoms with Crippen molar-refractivity contribution in [2.45, 2.75) is 64.1 Å². The third-order valence-corrected chi connectivity index (χ3v) is 7.73. The lowest BCUT2D eigenvalue weighted by molar-refractivity contribution is -0.143. The minimum absolute atomic E-state index is 0.122. The summed E-state index contributed by atoms with van der Waals surface area (Å²) >= 11 is 9.71. The predicted octanol–water partition coefficient (Wildman–Crippen LogP) is 6.88. The number of carbonyl (C=O) groups excluding carboxylic acids is 2. The average molecular weight is 598 g/mol. The summed E-state index contributed by atoms with van der Waals surface area (Å²) in [7, 11) is 0. The van der Waals surface area contributed by atoms with Gasteiger partial charge in [-0.3, -0.25) is 9.59 Å². The summed E-state index contributed by atoms with van der Waals surface area (Å²) in [5, 5.41) is 3.67. The molecule has 1 aliphatic carbocycles. The van der Waals surface area contributed by atoms with Gasteiger partial charge in [0.05, 0.1) is 5.02 Å². The van der Waals surface area contributed by atoms with E-state index in [4.69, 9.17) is 16.3 Å². The summed E-state index contributed by atoms with van der Waals surface area (Å²) in [6.45, 7) is 2.10. The molecule has 0 unspecified atom stereocenters. The van der Waals surface area contributed by atoms with Crippen molar-refractivity contribution < 1.29 is 14.3 Å². The fourth-order valence-corrected chi connectivity index (χ4v) is 5.53. The van der Waals surface area contributed by atoms with Crippen LogP contribution in [0.1, 0.15) is 48.8 Å². The minimum Gasteiger partial charge on any atom is -0.482 e. The molecule has 0 bridgehead atoms. The van der Waals surface area contributed by atoms with E-state index in [0.717, 1.165) is 46.8 Å². The third kappa shape index (κ3) is 8.08. The van der Waals surface area contributed by atoms with Crippen LogP contribution in [-0.4, -0.2) is 35.4 Å². The Morgan fingerprint density at radius 3 is 2.39 bits per heavy atom. The van der Waals surface area contributed by atoms with Crippen molar-refractivity contribution in [3.8, 4) is 5.75 Å². The van der Waals surface area contributed by atoms with Crippen LogP contribution in [-0.2, 0) is 22.6 Å². The van der Waals surface area contributed by atoms with Gasteiger partial charge in [-0.1, -0.05) is 107 Å². The normalized spacial score (nSPS) is 14.5. The molecule has 0 saturated heterocycles. The van der Waals surface area contributed by atoms with Gasteiger partial charge >= 0.3 is 0 Å². The van der Waals surface area contributed by atoms with Crippen molar-refractivity contribution in [2.75, 3.05) is 6.61 Å². The molecule has 4 rings (SSSR count). The first-order chi connectivity index (χ1) is 18.4. The van der Waals surface area contributed by atoms with E-state index >= 15 is 0 Å². The monoisotopic (exact) mass is 596 g/mol. The summed E-state index contributed by atoms with van der Waals surface area (Å²) in [4.78, 5) is 29.2. The van der Waals surface area contributed by atoms with E-state index in [1.807, 2.05) is 67.6 Å². The predicted molar refractivity (Wildman–Crippen MR) is 155 cm³/mol. The highest BCUT2D eigenvalue weighted by molar-refractivity contribution is 9.10. The van der Waals surface area contributed by atoms with Crippen LogP contribution in [0.25, 0.3) is 0 Å². The summed E-state index contributed by atoms with van der Waals surface area (Å²) in [5.74, 6) is 0.0249.